The van der Waals surface area contributed by atoms with Crippen LogP contribution in [0.2, 0.25) is 0 Å². The van der Waals surface area contributed by atoms with E-state index in [1.165, 1.54) is 0 Å². The van der Waals surface area contributed by atoms with Crippen LogP contribution in [0.3, 0.4) is 0 Å². The molecule has 0 aliphatic carbocycles. The van der Waals surface area contributed by atoms with Crippen LogP contribution in [0.25, 0.3) is 0 Å². The number of carbonyl (C=O) groups excluding carboxylic acids is 1. The zero-order valence-corrected chi connectivity index (χ0v) is 9.88. The maximum atomic E-state index is 11.1. The molecule has 94 valence electrons. The number of aliphatic imine (C=N–C) groups is 1. The molecule has 1 aromatic rings. The van der Waals surface area contributed by atoms with E-state index in [-0.39, 0.29) is 18.4 Å². The summed E-state index contributed by atoms with van der Waals surface area (Å²) in [5, 5.41) is 11.3. The molecule has 1 heterocycles. The fourth-order valence-electron chi connectivity index (χ4n) is 1.59. The van der Waals surface area contributed by atoms with E-state index >= 15 is 0 Å². The normalized spacial score (nSPS) is 17.1. The standard InChI is InChI=1S/C12H13N3O3/c1-8-2-4-9(5-3-8)6-13-11-14-10(16)7-15(11)12(17)18/h2-5H,6-7H2,1H3,(H,17,18)(H,13,14,16). The molecule has 0 spiro atoms. The highest BCUT2D eigenvalue weighted by atomic mass is 16.4. The number of rotatable bonds is 2. The lowest BCUT2D eigenvalue weighted by molar-refractivity contribution is -0.118. The molecule has 6 heteroatoms. The maximum absolute atomic E-state index is 11.1. The summed E-state index contributed by atoms with van der Waals surface area (Å²) in [4.78, 5) is 27.0. The number of hydrogen-bond donors (Lipinski definition) is 2. The Hall–Kier alpha value is -2.37. The van der Waals surface area contributed by atoms with Crippen LogP contribution >= 0.6 is 0 Å². The van der Waals surface area contributed by atoms with Crippen molar-refractivity contribution in [2.75, 3.05) is 6.54 Å². The van der Waals surface area contributed by atoms with Gasteiger partial charge in [0.25, 0.3) is 0 Å². The zero-order chi connectivity index (χ0) is 13.1. The minimum atomic E-state index is -1.18. The maximum Gasteiger partial charge on any atom is 0.414 e. The first-order valence-electron chi connectivity index (χ1n) is 5.46. The van der Waals surface area contributed by atoms with Crippen molar-refractivity contribution in [2.24, 2.45) is 4.99 Å². The largest absolute Gasteiger partial charge is 0.465 e. The van der Waals surface area contributed by atoms with Crippen molar-refractivity contribution >= 4 is 18.0 Å². The number of carbonyl (C=O) groups is 2. The quantitative estimate of drug-likeness (QED) is 0.816. The Labute approximate surface area is 104 Å². The van der Waals surface area contributed by atoms with Gasteiger partial charge in [0.05, 0.1) is 6.54 Å². The van der Waals surface area contributed by atoms with Gasteiger partial charge >= 0.3 is 6.09 Å². The molecule has 2 rings (SSSR count). The SMILES string of the molecule is Cc1ccc(CN=C2NC(=O)CN2C(=O)O)cc1. The first kappa shape index (κ1) is 12.1. The summed E-state index contributed by atoms with van der Waals surface area (Å²) >= 11 is 0. The third-order valence-corrected chi connectivity index (χ3v) is 2.57. The average molecular weight is 247 g/mol. The summed E-state index contributed by atoms with van der Waals surface area (Å²) in [6.07, 6.45) is -1.18. The van der Waals surface area contributed by atoms with Crippen LogP contribution in [0.4, 0.5) is 4.79 Å². The van der Waals surface area contributed by atoms with Gasteiger partial charge in [0.15, 0.2) is 0 Å². The molecule has 1 aliphatic heterocycles. The summed E-state index contributed by atoms with van der Waals surface area (Å²) in [6, 6.07) is 7.75. The molecule has 1 fully saturated rings. The Kier molecular flexibility index (Phi) is 3.27. The van der Waals surface area contributed by atoms with Crippen LogP contribution in [0.15, 0.2) is 29.3 Å². The molecule has 0 radical (unpaired) electrons. The second-order valence-electron chi connectivity index (χ2n) is 4.04. The van der Waals surface area contributed by atoms with Gasteiger partial charge in [0, 0.05) is 0 Å². The molecule has 0 atom stereocenters. The minimum absolute atomic E-state index is 0.0908. The third kappa shape index (κ3) is 2.65. The lowest BCUT2D eigenvalue weighted by Gasteiger charge is -2.09. The lowest BCUT2D eigenvalue weighted by atomic mass is 10.1. The first-order chi connectivity index (χ1) is 8.56. The van der Waals surface area contributed by atoms with E-state index in [1.807, 2.05) is 31.2 Å². The topological polar surface area (TPSA) is 82.0 Å². The van der Waals surface area contributed by atoms with Gasteiger partial charge < -0.3 is 5.11 Å². The number of guanidine groups is 1. The van der Waals surface area contributed by atoms with Gasteiger partial charge in [-0.3, -0.25) is 10.1 Å². The number of hydrogen-bond acceptors (Lipinski definition) is 3. The molecule has 0 saturated carbocycles. The van der Waals surface area contributed by atoms with Crippen molar-refractivity contribution in [1.29, 1.82) is 0 Å². The van der Waals surface area contributed by atoms with E-state index in [2.05, 4.69) is 10.3 Å². The Morgan fingerprint density at radius 2 is 2.11 bits per heavy atom. The van der Waals surface area contributed by atoms with Gasteiger partial charge in [-0.15, -0.1) is 0 Å². The Balaban J connectivity index is 2.10. The second-order valence-corrected chi connectivity index (χ2v) is 4.04. The van der Waals surface area contributed by atoms with E-state index in [0.29, 0.717) is 6.54 Å². The van der Waals surface area contributed by atoms with Crippen molar-refractivity contribution in [3.8, 4) is 0 Å². The van der Waals surface area contributed by atoms with Crippen LogP contribution in [0, 0.1) is 6.92 Å². The van der Waals surface area contributed by atoms with Crippen molar-refractivity contribution in [3.63, 3.8) is 0 Å². The van der Waals surface area contributed by atoms with Crippen LogP contribution in [0.5, 0.6) is 0 Å². The van der Waals surface area contributed by atoms with E-state index in [9.17, 15) is 9.59 Å². The summed E-state index contributed by atoms with van der Waals surface area (Å²) in [6.45, 7) is 2.13. The van der Waals surface area contributed by atoms with Crippen LogP contribution in [-0.2, 0) is 11.3 Å². The number of nitrogens with one attached hydrogen (secondary N) is 1. The molecule has 18 heavy (non-hydrogen) atoms. The van der Waals surface area contributed by atoms with Crippen molar-refractivity contribution in [1.82, 2.24) is 10.2 Å². The smallest absolute Gasteiger partial charge is 0.414 e. The molecular formula is C12H13N3O3. The van der Waals surface area contributed by atoms with E-state index in [0.717, 1.165) is 16.0 Å². The summed E-state index contributed by atoms with van der Waals surface area (Å²) in [5.74, 6) is -0.270. The predicted octanol–water partition coefficient (Wildman–Crippen LogP) is 0.961. The molecule has 0 bridgehead atoms. The number of carboxylic acid groups (broad SMARTS) is 1. The lowest BCUT2D eigenvalue weighted by Crippen LogP contribution is -2.34. The van der Waals surface area contributed by atoms with Crippen molar-refractivity contribution < 1.29 is 14.7 Å². The number of aryl methyl sites for hydroxylation is 1. The highest BCUT2D eigenvalue weighted by Gasteiger charge is 2.29. The summed E-state index contributed by atoms with van der Waals surface area (Å²) < 4.78 is 0. The van der Waals surface area contributed by atoms with Gasteiger partial charge in [-0.1, -0.05) is 29.8 Å². The highest BCUT2D eigenvalue weighted by Crippen LogP contribution is 2.06. The minimum Gasteiger partial charge on any atom is -0.465 e. The second kappa shape index (κ2) is 4.87. The van der Waals surface area contributed by atoms with Gasteiger partial charge in [0.1, 0.15) is 6.54 Å². The van der Waals surface area contributed by atoms with Gasteiger partial charge in [-0.05, 0) is 12.5 Å². The van der Waals surface area contributed by atoms with E-state index < -0.39 is 6.09 Å². The fourth-order valence-corrected chi connectivity index (χ4v) is 1.59. The van der Waals surface area contributed by atoms with E-state index in [4.69, 9.17) is 5.11 Å². The molecule has 1 saturated heterocycles. The molecule has 0 unspecified atom stereocenters. The van der Waals surface area contributed by atoms with Crippen LogP contribution in [0.1, 0.15) is 11.1 Å². The molecule has 6 nitrogen and oxygen atoms in total. The molecule has 2 amide bonds. The Bertz CT molecular complexity index is 508. The fraction of sp³-hybridized carbons (Fsp3) is 0.250. The Morgan fingerprint density at radius 3 is 2.72 bits per heavy atom. The first-order valence-corrected chi connectivity index (χ1v) is 5.46. The van der Waals surface area contributed by atoms with Gasteiger partial charge in [-0.2, -0.15) is 0 Å². The van der Waals surface area contributed by atoms with Crippen molar-refractivity contribution in [2.45, 2.75) is 13.5 Å². The summed E-state index contributed by atoms with van der Waals surface area (Å²) in [7, 11) is 0. The van der Waals surface area contributed by atoms with Gasteiger partial charge in [-0.25, -0.2) is 14.7 Å². The van der Waals surface area contributed by atoms with Crippen LogP contribution in [-0.4, -0.2) is 34.5 Å². The molecule has 1 aliphatic rings. The zero-order valence-electron chi connectivity index (χ0n) is 9.88. The number of nitrogens with zero attached hydrogens (tertiary/aromatic N) is 2. The average Bonchev–Trinajstić information content (AvgIpc) is 2.70. The molecule has 0 aromatic heterocycles. The van der Waals surface area contributed by atoms with Gasteiger partial charge in [0.2, 0.25) is 11.9 Å². The monoisotopic (exact) mass is 247 g/mol. The van der Waals surface area contributed by atoms with E-state index in [1.54, 1.807) is 0 Å². The number of amides is 2. The highest BCUT2D eigenvalue weighted by molar-refractivity contribution is 6.10. The summed E-state index contributed by atoms with van der Waals surface area (Å²) in [5.41, 5.74) is 2.10. The molecule has 2 N–H and O–H groups in total. The van der Waals surface area contributed by atoms with Crippen molar-refractivity contribution in [3.05, 3.63) is 35.4 Å². The number of benzene rings is 1. The van der Waals surface area contributed by atoms with Crippen LogP contribution < -0.4 is 5.32 Å². The Morgan fingerprint density at radius 1 is 1.44 bits per heavy atom. The molecular weight excluding hydrogens is 234 g/mol. The third-order valence-electron chi connectivity index (χ3n) is 2.57. The predicted molar refractivity (Wildman–Crippen MR) is 65.2 cm³/mol. The molecule has 1 aromatic carbocycles.